The highest BCUT2D eigenvalue weighted by Gasteiger charge is 2.54. The van der Waals surface area contributed by atoms with Gasteiger partial charge in [0.15, 0.2) is 0 Å². The SMILES string of the molecule is CC(F)(c1ccc2c(c1)CCC1NCCC21Cc1cccc(Cl)c1)C(F)(F)F. The van der Waals surface area contributed by atoms with Crippen molar-refractivity contribution in [2.45, 2.75) is 55.9 Å². The highest BCUT2D eigenvalue weighted by molar-refractivity contribution is 6.30. The first-order chi connectivity index (χ1) is 13.1. The van der Waals surface area contributed by atoms with Gasteiger partial charge in [-0.25, -0.2) is 4.39 Å². The van der Waals surface area contributed by atoms with Crippen LogP contribution >= 0.6 is 11.6 Å². The topological polar surface area (TPSA) is 12.0 Å². The normalized spacial score (nSPS) is 26.4. The van der Waals surface area contributed by atoms with E-state index in [0.717, 1.165) is 42.5 Å². The molecule has 1 N–H and O–H groups in total. The molecule has 1 saturated heterocycles. The Balaban J connectivity index is 1.77. The van der Waals surface area contributed by atoms with Crippen molar-refractivity contribution < 1.29 is 17.6 Å². The number of alkyl halides is 4. The fourth-order valence-corrected chi connectivity index (χ4v) is 5.11. The molecule has 3 atom stereocenters. The summed E-state index contributed by atoms with van der Waals surface area (Å²) in [5.74, 6) is 0. The Hall–Kier alpha value is -1.59. The summed E-state index contributed by atoms with van der Waals surface area (Å²) in [6, 6.07) is 12.4. The second kappa shape index (κ2) is 6.74. The monoisotopic (exact) mass is 411 g/mol. The van der Waals surface area contributed by atoms with E-state index in [1.807, 2.05) is 24.3 Å². The van der Waals surface area contributed by atoms with Crippen LogP contribution in [0.25, 0.3) is 0 Å². The van der Waals surface area contributed by atoms with Crippen LogP contribution in [0.15, 0.2) is 42.5 Å². The van der Waals surface area contributed by atoms with Crippen molar-refractivity contribution >= 4 is 11.6 Å². The Morgan fingerprint density at radius 3 is 2.64 bits per heavy atom. The lowest BCUT2D eigenvalue weighted by atomic mass is 9.63. The van der Waals surface area contributed by atoms with Gasteiger partial charge in [-0.2, -0.15) is 13.2 Å². The maximum Gasteiger partial charge on any atom is 0.426 e. The maximum atomic E-state index is 14.5. The zero-order chi connectivity index (χ0) is 20.2. The van der Waals surface area contributed by atoms with Gasteiger partial charge in [0, 0.05) is 16.5 Å². The van der Waals surface area contributed by atoms with E-state index in [-0.39, 0.29) is 17.0 Å². The molecule has 1 fully saturated rings. The number of hydrogen-bond donors (Lipinski definition) is 1. The first-order valence-electron chi connectivity index (χ1n) is 9.51. The average molecular weight is 412 g/mol. The molecule has 0 amide bonds. The van der Waals surface area contributed by atoms with Gasteiger partial charge in [-0.05, 0) is 73.5 Å². The first kappa shape index (κ1) is 19.7. The molecule has 0 aromatic heterocycles. The third-order valence-electron chi connectivity index (χ3n) is 6.46. The van der Waals surface area contributed by atoms with Crippen LogP contribution in [0.1, 0.15) is 42.0 Å². The van der Waals surface area contributed by atoms with E-state index in [4.69, 9.17) is 11.6 Å². The molecule has 0 saturated carbocycles. The van der Waals surface area contributed by atoms with Crippen LogP contribution in [0.5, 0.6) is 0 Å². The highest BCUT2D eigenvalue weighted by Crippen LogP contribution is 2.48. The lowest BCUT2D eigenvalue weighted by Gasteiger charge is -2.42. The second-order valence-corrected chi connectivity index (χ2v) is 8.57. The van der Waals surface area contributed by atoms with E-state index in [1.165, 1.54) is 12.1 Å². The molecule has 1 nitrogen and oxygen atoms in total. The number of fused-ring (bicyclic) bond motifs is 3. The largest absolute Gasteiger partial charge is 0.426 e. The fraction of sp³-hybridized carbons (Fsp3) is 0.455. The van der Waals surface area contributed by atoms with Crippen molar-refractivity contribution in [2.75, 3.05) is 6.54 Å². The van der Waals surface area contributed by atoms with E-state index in [9.17, 15) is 17.6 Å². The lowest BCUT2D eigenvalue weighted by Crippen LogP contribution is -2.46. The summed E-state index contributed by atoms with van der Waals surface area (Å²) in [5, 5.41) is 4.22. The molecule has 150 valence electrons. The van der Waals surface area contributed by atoms with Crippen LogP contribution in [0, 0.1) is 0 Å². The van der Waals surface area contributed by atoms with Crippen LogP contribution in [-0.4, -0.2) is 18.8 Å². The van der Waals surface area contributed by atoms with Gasteiger partial charge >= 0.3 is 6.18 Å². The maximum absolute atomic E-state index is 14.5. The van der Waals surface area contributed by atoms with Gasteiger partial charge in [0.05, 0.1) is 0 Å². The summed E-state index contributed by atoms with van der Waals surface area (Å²) in [6.45, 7) is 1.45. The Bertz CT molecular complexity index is 892. The number of benzene rings is 2. The van der Waals surface area contributed by atoms with E-state index >= 15 is 0 Å². The van der Waals surface area contributed by atoms with Crippen LogP contribution in [0.3, 0.4) is 0 Å². The average Bonchev–Trinajstić information content (AvgIpc) is 3.04. The molecule has 1 heterocycles. The van der Waals surface area contributed by atoms with Crippen LogP contribution < -0.4 is 5.32 Å². The Kier molecular flexibility index (Phi) is 4.74. The smallest absolute Gasteiger partial charge is 0.313 e. The standard InChI is InChI=1S/C22H22ClF4N/c1-20(24,22(25,26)27)16-6-7-18-15(12-16)5-8-19-21(18,9-10-28-19)13-14-3-2-4-17(23)11-14/h2-4,6-7,11-12,19,28H,5,8-10,13H2,1H3. The van der Waals surface area contributed by atoms with Gasteiger partial charge in [0.1, 0.15) is 0 Å². The molecule has 1 aliphatic carbocycles. The van der Waals surface area contributed by atoms with E-state index in [1.54, 1.807) is 6.07 Å². The Morgan fingerprint density at radius 1 is 1.14 bits per heavy atom. The third kappa shape index (κ3) is 3.13. The Labute approximate surface area is 167 Å². The third-order valence-corrected chi connectivity index (χ3v) is 6.69. The number of hydrogen-bond acceptors (Lipinski definition) is 1. The van der Waals surface area contributed by atoms with E-state index < -0.39 is 11.8 Å². The molecule has 2 aromatic rings. The molecule has 0 spiro atoms. The number of rotatable bonds is 3. The summed E-state index contributed by atoms with van der Waals surface area (Å²) in [5.41, 5.74) is -0.915. The molecule has 2 aliphatic rings. The van der Waals surface area contributed by atoms with E-state index in [0.29, 0.717) is 18.4 Å². The van der Waals surface area contributed by atoms with Gasteiger partial charge in [-0.1, -0.05) is 41.9 Å². The van der Waals surface area contributed by atoms with Crippen LogP contribution in [0.4, 0.5) is 17.6 Å². The van der Waals surface area contributed by atoms with Crippen molar-refractivity contribution in [3.8, 4) is 0 Å². The minimum atomic E-state index is -4.94. The highest BCUT2D eigenvalue weighted by atomic mass is 35.5. The van der Waals surface area contributed by atoms with Crippen molar-refractivity contribution in [2.24, 2.45) is 0 Å². The summed E-state index contributed by atoms with van der Waals surface area (Å²) >= 11 is 6.15. The molecule has 2 aromatic carbocycles. The quantitative estimate of drug-likeness (QED) is 0.622. The van der Waals surface area contributed by atoms with Gasteiger partial charge in [-0.15, -0.1) is 0 Å². The summed E-state index contributed by atoms with van der Waals surface area (Å²) in [6.07, 6.45) is -1.82. The molecule has 3 unspecified atom stereocenters. The van der Waals surface area contributed by atoms with Gasteiger partial charge in [-0.3, -0.25) is 0 Å². The molecule has 4 rings (SSSR count). The molecule has 28 heavy (non-hydrogen) atoms. The number of nitrogens with one attached hydrogen (secondary N) is 1. The Morgan fingerprint density at radius 2 is 1.93 bits per heavy atom. The molecular weight excluding hydrogens is 390 g/mol. The predicted molar refractivity (Wildman–Crippen MR) is 103 cm³/mol. The number of halogens is 5. The van der Waals surface area contributed by atoms with Gasteiger partial charge < -0.3 is 5.32 Å². The summed E-state index contributed by atoms with van der Waals surface area (Å²) in [7, 11) is 0. The zero-order valence-electron chi connectivity index (χ0n) is 15.5. The van der Waals surface area contributed by atoms with Gasteiger partial charge in [0.2, 0.25) is 5.67 Å². The van der Waals surface area contributed by atoms with Crippen LogP contribution in [0.2, 0.25) is 5.02 Å². The summed E-state index contributed by atoms with van der Waals surface area (Å²) in [4.78, 5) is 0. The molecule has 0 bridgehead atoms. The lowest BCUT2D eigenvalue weighted by molar-refractivity contribution is -0.228. The van der Waals surface area contributed by atoms with Gasteiger partial charge in [0.25, 0.3) is 0 Å². The molecule has 1 aliphatic heterocycles. The summed E-state index contributed by atoms with van der Waals surface area (Å²) < 4.78 is 54.0. The molecule has 6 heteroatoms. The molecule has 0 radical (unpaired) electrons. The minimum Gasteiger partial charge on any atom is -0.313 e. The number of aryl methyl sites for hydroxylation is 1. The predicted octanol–water partition coefficient (Wildman–Crippen LogP) is 5.88. The second-order valence-electron chi connectivity index (χ2n) is 8.13. The fourth-order valence-electron chi connectivity index (χ4n) is 4.90. The van der Waals surface area contributed by atoms with Crippen molar-refractivity contribution in [1.29, 1.82) is 0 Å². The zero-order valence-corrected chi connectivity index (χ0v) is 16.3. The van der Waals surface area contributed by atoms with E-state index in [2.05, 4.69) is 5.32 Å². The first-order valence-corrected chi connectivity index (χ1v) is 9.89. The van der Waals surface area contributed by atoms with Crippen LogP contribution in [-0.2, 0) is 23.9 Å². The molecular formula is C22H22ClF4N. The van der Waals surface area contributed by atoms with Crippen molar-refractivity contribution in [1.82, 2.24) is 5.32 Å². The van der Waals surface area contributed by atoms with Crippen molar-refractivity contribution in [3.63, 3.8) is 0 Å². The minimum absolute atomic E-state index is 0.207. The van der Waals surface area contributed by atoms with Crippen molar-refractivity contribution in [3.05, 3.63) is 69.7 Å².